The fourth-order valence-corrected chi connectivity index (χ4v) is 6.04. The second kappa shape index (κ2) is 10.9. The van der Waals surface area contributed by atoms with Gasteiger partial charge >= 0.3 is 0 Å². The fourth-order valence-electron chi connectivity index (χ4n) is 6.04. The second-order valence-electron chi connectivity index (χ2n) is 10.8. The first-order valence-electron chi connectivity index (χ1n) is 13.0. The van der Waals surface area contributed by atoms with Crippen molar-refractivity contribution < 1.29 is 4.39 Å². The highest BCUT2D eigenvalue weighted by atomic mass is 19.1. The monoisotopic (exact) mass is 461 g/mol. The lowest BCUT2D eigenvalue weighted by Crippen LogP contribution is -2.16. The third kappa shape index (κ3) is 5.65. The van der Waals surface area contributed by atoms with Crippen molar-refractivity contribution in [1.82, 2.24) is 4.90 Å². The van der Waals surface area contributed by atoms with Gasteiger partial charge in [-0.25, -0.2) is 4.39 Å². The molecule has 0 saturated heterocycles. The minimum atomic E-state index is -0.133. The molecule has 184 valence electrons. The molecule has 1 saturated carbocycles. The molecule has 0 radical (unpaired) electrons. The Balaban J connectivity index is 1.65. The maximum Gasteiger partial charge on any atom is 0.118 e. The van der Waals surface area contributed by atoms with Crippen molar-refractivity contribution in [1.29, 1.82) is 0 Å². The molecule has 5 atom stereocenters. The predicted molar refractivity (Wildman–Crippen MR) is 146 cm³/mol. The predicted octanol–water partition coefficient (Wildman–Crippen LogP) is 8.89. The highest BCUT2D eigenvalue weighted by Crippen LogP contribution is 2.64. The van der Waals surface area contributed by atoms with Gasteiger partial charge in [0.1, 0.15) is 5.83 Å². The second-order valence-corrected chi connectivity index (χ2v) is 10.8. The van der Waals surface area contributed by atoms with E-state index in [2.05, 4.69) is 77.7 Å². The van der Waals surface area contributed by atoms with Gasteiger partial charge < -0.3 is 4.90 Å². The lowest BCUT2D eigenvalue weighted by molar-refractivity contribution is 0.352. The van der Waals surface area contributed by atoms with Gasteiger partial charge in [-0.3, -0.25) is 0 Å². The molecule has 3 aliphatic carbocycles. The number of hydrogen-bond acceptors (Lipinski definition) is 1. The SMILES string of the molecule is C=C/C=C(/C)C(C)CC1C(=C)C1CCC1(CCC)C(C(=C)/C=C/C2C=CC(F)=CC2)=C1N(C)C. The van der Waals surface area contributed by atoms with Gasteiger partial charge in [-0.1, -0.05) is 81.5 Å². The van der Waals surface area contributed by atoms with Crippen LogP contribution in [0.3, 0.4) is 0 Å². The van der Waals surface area contributed by atoms with E-state index in [1.54, 1.807) is 12.2 Å². The van der Waals surface area contributed by atoms with E-state index in [1.807, 2.05) is 12.2 Å². The molecule has 0 aromatic carbocycles. The Kier molecular flexibility index (Phi) is 8.44. The molecular weight excluding hydrogens is 417 g/mol. The number of nitrogens with zero attached hydrogens (tertiary/aromatic N) is 1. The summed E-state index contributed by atoms with van der Waals surface area (Å²) in [5, 5.41) is 0. The highest BCUT2D eigenvalue weighted by Gasteiger charge is 2.55. The number of halogens is 1. The maximum atomic E-state index is 13.3. The van der Waals surface area contributed by atoms with Gasteiger partial charge in [0.2, 0.25) is 0 Å². The largest absolute Gasteiger partial charge is 0.380 e. The molecule has 2 heteroatoms. The Bertz CT molecular complexity index is 969. The van der Waals surface area contributed by atoms with E-state index in [1.165, 1.54) is 48.1 Å². The van der Waals surface area contributed by atoms with Crippen LogP contribution < -0.4 is 0 Å². The summed E-state index contributed by atoms with van der Waals surface area (Å²) in [6.07, 6.45) is 20.2. The van der Waals surface area contributed by atoms with Crippen LogP contribution >= 0.6 is 0 Å². The first-order valence-corrected chi connectivity index (χ1v) is 13.0. The van der Waals surface area contributed by atoms with Crippen LogP contribution in [-0.2, 0) is 0 Å². The molecule has 0 aromatic heterocycles. The summed E-state index contributed by atoms with van der Waals surface area (Å²) in [7, 11) is 4.33. The summed E-state index contributed by atoms with van der Waals surface area (Å²) in [4.78, 5) is 2.30. The molecule has 1 nitrogen and oxygen atoms in total. The summed E-state index contributed by atoms with van der Waals surface area (Å²) in [5.41, 5.74) is 7.00. The molecule has 3 aliphatic rings. The Morgan fingerprint density at radius 1 is 1.29 bits per heavy atom. The lowest BCUT2D eigenvalue weighted by Gasteiger charge is -2.23. The van der Waals surface area contributed by atoms with E-state index >= 15 is 0 Å². The zero-order chi connectivity index (χ0) is 25.0. The smallest absolute Gasteiger partial charge is 0.118 e. The van der Waals surface area contributed by atoms with E-state index in [0.29, 0.717) is 17.8 Å². The Labute approximate surface area is 207 Å². The Morgan fingerprint density at radius 3 is 2.62 bits per heavy atom. The lowest BCUT2D eigenvalue weighted by atomic mass is 9.84. The zero-order valence-electron chi connectivity index (χ0n) is 22.0. The van der Waals surface area contributed by atoms with Gasteiger partial charge in [-0.05, 0) is 86.0 Å². The number of allylic oxidation sites excluding steroid dienone is 13. The first kappa shape index (κ1) is 26.3. The van der Waals surface area contributed by atoms with Gasteiger partial charge in [0.15, 0.2) is 0 Å². The molecular formula is C32H44FN. The van der Waals surface area contributed by atoms with Crippen molar-refractivity contribution >= 4 is 0 Å². The van der Waals surface area contributed by atoms with Crippen molar-refractivity contribution in [3.05, 3.63) is 96.1 Å². The van der Waals surface area contributed by atoms with Crippen LogP contribution in [0.5, 0.6) is 0 Å². The third-order valence-corrected chi connectivity index (χ3v) is 8.16. The minimum absolute atomic E-state index is 0.133. The molecule has 1 fully saturated rings. The molecule has 0 spiro atoms. The Hall–Kier alpha value is -2.35. The van der Waals surface area contributed by atoms with Gasteiger partial charge in [0, 0.05) is 25.2 Å². The highest BCUT2D eigenvalue weighted by molar-refractivity contribution is 5.62. The molecule has 0 N–H and O–H groups in total. The van der Waals surface area contributed by atoms with Gasteiger partial charge in [0.25, 0.3) is 0 Å². The zero-order valence-corrected chi connectivity index (χ0v) is 22.0. The van der Waals surface area contributed by atoms with Crippen molar-refractivity contribution in [2.24, 2.45) is 29.1 Å². The standard InChI is InChI=1S/C32H44FN/c1-9-11-22(3)24(5)21-29-25(6)28(29)18-20-32(19-10-2)30(31(32)34(7)8)23(4)12-13-26-14-16-27(33)17-15-26/h9,11-14,16-17,24,26,28-29H,1,4,6,10,15,18-21H2,2-3,5,7-8H3/b13-12+,22-11-. The van der Waals surface area contributed by atoms with Gasteiger partial charge in [-0.15, -0.1) is 0 Å². The molecule has 0 bridgehead atoms. The van der Waals surface area contributed by atoms with Gasteiger partial charge in [-0.2, -0.15) is 0 Å². The van der Waals surface area contributed by atoms with Crippen LogP contribution in [0, 0.1) is 29.1 Å². The summed E-state index contributed by atoms with van der Waals surface area (Å²) >= 11 is 0. The average molecular weight is 462 g/mol. The number of rotatable bonds is 13. The van der Waals surface area contributed by atoms with Crippen LogP contribution in [0.25, 0.3) is 0 Å². The van der Waals surface area contributed by atoms with Crippen LogP contribution in [0.2, 0.25) is 0 Å². The molecule has 0 aromatic rings. The Morgan fingerprint density at radius 2 is 2.03 bits per heavy atom. The summed E-state index contributed by atoms with van der Waals surface area (Å²) in [5.74, 6) is 1.99. The molecule has 34 heavy (non-hydrogen) atoms. The van der Waals surface area contributed by atoms with Crippen LogP contribution in [0.15, 0.2) is 96.1 Å². The number of hydrogen-bond donors (Lipinski definition) is 0. The van der Waals surface area contributed by atoms with Gasteiger partial charge in [0.05, 0.1) is 0 Å². The topological polar surface area (TPSA) is 3.24 Å². The normalized spacial score (nSPS) is 29.4. The van der Waals surface area contributed by atoms with E-state index in [0.717, 1.165) is 18.4 Å². The minimum Gasteiger partial charge on any atom is -0.380 e. The van der Waals surface area contributed by atoms with Crippen molar-refractivity contribution in [2.45, 2.75) is 59.3 Å². The van der Waals surface area contributed by atoms with E-state index in [4.69, 9.17) is 0 Å². The summed E-state index contributed by atoms with van der Waals surface area (Å²) < 4.78 is 13.3. The molecule has 0 amide bonds. The quantitative estimate of drug-likeness (QED) is 0.195. The summed E-state index contributed by atoms with van der Waals surface area (Å²) in [6.45, 7) is 19.5. The van der Waals surface area contributed by atoms with Crippen LogP contribution in [0.4, 0.5) is 4.39 Å². The average Bonchev–Trinajstić information content (AvgIpc) is 3.64. The van der Waals surface area contributed by atoms with Crippen molar-refractivity contribution in [2.75, 3.05) is 14.1 Å². The van der Waals surface area contributed by atoms with Crippen LogP contribution in [0.1, 0.15) is 59.3 Å². The molecule has 5 unspecified atom stereocenters. The van der Waals surface area contributed by atoms with E-state index in [9.17, 15) is 4.39 Å². The molecule has 3 rings (SSSR count). The van der Waals surface area contributed by atoms with Crippen molar-refractivity contribution in [3.8, 4) is 0 Å². The maximum absolute atomic E-state index is 13.3. The first-order chi connectivity index (χ1) is 16.2. The molecule has 0 heterocycles. The third-order valence-electron chi connectivity index (χ3n) is 8.16. The van der Waals surface area contributed by atoms with Crippen LogP contribution in [-0.4, -0.2) is 19.0 Å². The fraction of sp³-hybridized carbons (Fsp3) is 0.500. The molecule has 0 aliphatic heterocycles. The van der Waals surface area contributed by atoms with E-state index in [-0.39, 0.29) is 17.2 Å². The van der Waals surface area contributed by atoms with E-state index < -0.39 is 0 Å². The summed E-state index contributed by atoms with van der Waals surface area (Å²) in [6, 6.07) is 0. The van der Waals surface area contributed by atoms with Crippen molar-refractivity contribution in [3.63, 3.8) is 0 Å².